The summed E-state index contributed by atoms with van der Waals surface area (Å²) in [5.74, 6) is 2.42. The molecule has 0 unspecified atom stereocenters. The fourth-order valence-electron chi connectivity index (χ4n) is 3.51. The van der Waals surface area contributed by atoms with E-state index in [1.807, 2.05) is 37.3 Å². The highest BCUT2D eigenvalue weighted by Crippen LogP contribution is 2.27. The summed E-state index contributed by atoms with van der Waals surface area (Å²) in [7, 11) is 0. The number of carboxylic acid groups (broad SMARTS) is 1. The third-order valence-electron chi connectivity index (χ3n) is 4.94. The molecule has 0 atom stereocenters. The van der Waals surface area contributed by atoms with Crippen molar-refractivity contribution in [2.24, 2.45) is 5.92 Å². The zero-order valence-electron chi connectivity index (χ0n) is 15.7. The van der Waals surface area contributed by atoms with Gasteiger partial charge >= 0.3 is 6.09 Å². The molecule has 144 valence electrons. The molecular weight excluding hydrogens is 342 g/mol. The molecule has 27 heavy (non-hydrogen) atoms. The van der Waals surface area contributed by atoms with Crippen LogP contribution in [0.3, 0.4) is 0 Å². The molecule has 2 N–H and O–H groups in total. The zero-order chi connectivity index (χ0) is 19.1. The highest BCUT2D eigenvalue weighted by molar-refractivity contribution is 5.64. The molecule has 0 radical (unpaired) electrons. The van der Waals surface area contributed by atoms with Crippen molar-refractivity contribution in [3.63, 3.8) is 0 Å². The van der Waals surface area contributed by atoms with Gasteiger partial charge in [0.25, 0.3) is 0 Å². The second kappa shape index (κ2) is 9.26. The lowest BCUT2D eigenvalue weighted by molar-refractivity contribution is 0.193. The predicted molar refractivity (Wildman–Crippen MR) is 106 cm³/mol. The van der Waals surface area contributed by atoms with Gasteiger partial charge in [-0.3, -0.25) is 0 Å². The molecule has 1 aromatic heterocycles. The molecule has 1 fully saturated rings. The summed E-state index contributed by atoms with van der Waals surface area (Å²) in [6.07, 6.45) is 2.08. The van der Waals surface area contributed by atoms with Crippen LogP contribution in [-0.2, 0) is 0 Å². The highest BCUT2D eigenvalue weighted by atomic mass is 16.5. The van der Waals surface area contributed by atoms with E-state index in [2.05, 4.69) is 22.3 Å². The number of piperidine rings is 1. The first-order valence-corrected chi connectivity index (χ1v) is 9.57. The minimum Gasteiger partial charge on any atom is -0.494 e. The molecule has 1 saturated heterocycles. The summed E-state index contributed by atoms with van der Waals surface area (Å²) in [4.78, 5) is 17.7. The molecule has 3 rings (SSSR count). The first kappa shape index (κ1) is 19.0. The Bertz CT molecular complexity index is 758. The number of rotatable bonds is 7. The van der Waals surface area contributed by atoms with E-state index in [9.17, 15) is 4.79 Å². The average molecular weight is 369 g/mol. The Labute approximate surface area is 160 Å². The lowest BCUT2D eigenvalue weighted by atomic mass is 9.93. The second-order valence-electron chi connectivity index (χ2n) is 6.79. The van der Waals surface area contributed by atoms with Crippen LogP contribution < -0.4 is 15.0 Å². The van der Waals surface area contributed by atoms with Gasteiger partial charge in [0.15, 0.2) is 0 Å². The van der Waals surface area contributed by atoms with Gasteiger partial charge in [-0.05, 0) is 56.4 Å². The largest absolute Gasteiger partial charge is 0.494 e. The van der Waals surface area contributed by atoms with Crippen LogP contribution in [0.2, 0.25) is 0 Å². The molecule has 0 saturated carbocycles. The Morgan fingerprint density at radius 3 is 2.78 bits per heavy atom. The minimum atomic E-state index is -0.943. The Morgan fingerprint density at radius 2 is 2.04 bits per heavy atom. The van der Waals surface area contributed by atoms with Crippen LogP contribution in [0.4, 0.5) is 10.6 Å². The molecular formula is C21H27N3O3. The number of carbonyl (C=O) groups is 1. The molecule has 2 aromatic rings. The summed E-state index contributed by atoms with van der Waals surface area (Å²) in [5.41, 5.74) is 2.00. The fraction of sp³-hybridized carbons (Fsp3) is 0.429. The van der Waals surface area contributed by atoms with Crippen molar-refractivity contribution in [3.05, 3.63) is 42.5 Å². The van der Waals surface area contributed by atoms with Crippen molar-refractivity contribution < 1.29 is 14.6 Å². The molecule has 0 bridgehead atoms. The molecule has 1 aliphatic rings. The van der Waals surface area contributed by atoms with Gasteiger partial charge in [-0.25, -0.2) is 9.78 Å². The lowest BCUT2D eigenvalue weighted by Crippen LogP contribution is -2.35. The topological polar surface area (TPSA) is 74.7 Å². The van der Waals surface area contributed by atoms with Gasteiger partial charge in [0.05, 0.1) is 12.3 Å². The Balaban J connectivity index is 1.61. The molecule has 2 heterocycles. The summed E-state index contributed by atoms with van der Waals surface area (Å²) >= 11 is 0. The normalized spacial score (nSPS) is 14.8. The first-order chi connectivity index (χ1) is 13.2. The van der Waals surface area contributed by atoms with E-state index in [0.29, 0.717) is 19.1 Å². The highest BCUT2D eigenvalue weighted by Gasteiger charge is 2.20. The van der Waals surface area contributed by atoms with E-state index in [1.165, 1.54) is 0 Å². The summed E-state index contributed by atoms with van der Waals surface area (Å²) in [6.45, 7) is 5.06. The number of pyridine rings is 1. The van der Waals surface area contributed by atoms with E-state index in [4.69, 9.17) is 14.8 Å². The Hall–Kier alpha value is -2.76. The van der Waals surface area contributed by atoms with Gasteiger partial charge in [-0.15, -0.1) is 0 Å². The van der Waals surface area contributed by atoms with Crippen LogP contribution in [-0.4, -0.2) is 42.4 Å². The van der Waals surface area contributed by atoms with Crippen molar-refractivity contribution in [1.82, 2.24) is 10.3 Å². The number of aromatic nitrogens is 1. The van der Waals surface area contributed by atoms with Crippen LogP contribution >= 0.6 is 0 Å². The summed E-state index contributed by atoms with van der Waals surface area (Å²) in [6, 6.07) is 14.2. The van der Waals surface area contributed by atoms with E-state index >= 15 is 0 Å². The van der Waals surface area contributed by atoms with Crippen molar-refractivity contribution in [2.45, 2.75) is 26.2 Å². The molecule has 0 aliphatic carbocycles. The molecule has 1 aliphatic heterocycles. The number of nitrogens with zero attached hydrogens (tertiary/aromatic N) is 2. The van der Waals surface area contributed by atoms with Crippen molar-refractivity contribution in [1.29, 1.82) is 0 Å². The molecule has 6 heteroatoms. The summed E-state index contributed by atoms with van der Waals surface area (Å²) < 4.78 is 5.59. The van der Waals surface area contributed by atoms with Gasteiger partial charge < -0.3 is 20.1 Å². The van der Waals surface area contributed by atoms with Crippen LogP contribution in [0, 0.1) is 5.92 Å². The number of hydrogen-bond donors (Lipinski definition) is 2. The van der Waals surface area contributed by atoms with Crippen LogP contribution in [0.1, 0.15) is 26.2 Å². The molecule has 1 amide bonds. The second-order valence-corrected chi connectivity index (χ2v) is 6.79. The maximum Gasteiger partial charge on any atom is 0.404 e. The van der Waals surface area contributed by atoms with Crippen LogP contribution in [0.5, 0.6) is 5.75 Å². The van der Waals surface area contributed by atoms with Crippen molar-refractivity contribution in [2.75, 3.05) is 31.1 Å². The number of nitrogens with one attached hydrogen (secondary N) is 1. The van der Waals surface area contributed by atoms with Gasteiger partial charge in [0.2, 0.25) is 0 Å². The van der Waals surface area contributed by atoms with Gasteiger partial charge in [0.1, 0.15) is 11.6 Å². The maximum absolute atomic E-state index is 10.5. The number of amides is 1. The number of hydrogen-bond acceptors (Lipinski definition) is 4. The quantitative estimate of drug-likeness (QED) is 0.771. The number of benzene rings is 1. The van der Waals surface area contributed by atoms with E-state index in [-0.39, 0.29) is 0 Å². The first-order valence-electron chi connectivity index (χ1n) is 9.57. The smallest absolute Gasteiger partial charge is 0.404 e. The van der Waals surface area contributed by atoms with Gasteiger partial charge in [-0.1, -0.05) is 18.2 Å². The fourth-order valence-corrected chi connectivity index (χ4v) is 3.51. The predicted octanol–water partition coefficient (Wildman–Crippen LogP) is 4.02. The average Bonchev–Trinajstić information content (AvgIpc) is 2.69. The van der Waals surface area contributed by atoms with Crippen LogP contribution in [0.25, 0.3) is 11.3 Å². The monoisotopic (exact) mass is 369 g/mol. The zero-order valence-corrected chi connectivity index (χ0v) is 15.7. The third-order valence-corrected chi connectivity index (χ3v) is 4.94. The number of ether oxygens (including phenoxy) is 1. The lowest BCUT2D eigenvalue weighted by Gasteiger charge is -2.33. The molecule has 0 spiro atoms. The van der Waals surface area contributed by atoms with E-state index in [0.717, 1.165) is 55.2 Å². The van der Waals surface area contributed by atoms with Crippen molar-refractivity contribution >= 4 is 11.9 Å². The molecule has 6 nitrogen and oxygen atoms in total. The SMILES string of the molecule is CCOc1cccc(-c2cccc(N3CCC(CCNC(=O)O)CC3)n2)c1. The van der Waals surface area contributed by atoms with E-state index in [1.54, 1.807) is 0 Å². The molecule has 1 aromatic carbocycles. The minimum absolute atomic E-state index is 0.532. The van der Waals surface area contributed by atoms with Gasteiger partial charge in [0, 0.05) is 25.2 Å². The van der Waals surface area contributed by atoms with Gasteiger partial charge in [-0.2, -0.15) is 0 Å². The Morgan fingerprint density at radius 1 is 1.26 bits per heavy atom. The third kappa shape index (κ3) is 5.36. The number of anilines is 1. The van der Waals surface area contributed by atoms with Crippen LogP contribution in [0.15, 0.2) is 42.5 Å². The van der Waals surface area contributed by atoms with Crippen molar-refractivity contribution in [3.8, 4) is 17.0 Å². The maximum atomic E-state index is 10.5. The summed E-state index contributed by atoms with van der Waals surface area (Å²) in [5, 5.41) is 11.1. The Kier molecular flexibility index (Phi) is 6.52. The van der Waals surface area contributed by atoms with E-state index < -0.39 is 6.09 Å². The standard InChI is InChI=1S/C21H27N3O3/c1-2-27-18-6-3-5-17(15-18)19-7-4-8-20(23-19)24-13-10-16(11-14-24)9-12-22-21(25)26/h3-8,15-16,22H,2,9-14H2,1H3,(H,25,26).